The summed E-state index contributed by atoms with van der Waals surface area (Å²) in [6.45, 7) is 6.38. The van der Waals surface area contributed by atoms with Gasteiger partial charge in [-0.05, 0) is 37.5 Å². The number of benzene rings is 1. The molecule has 0 aliphatic heterocycles. The summed E-state index contributed by atoms with van der Waals surface area (Å²) in [6.07, 6.45) is 1.85. The summed E-state index contributed by atoms with van der Waals surface area (Å²) in [6, 6.07) is 4.39. The summed E-state index contributed by atoms with van der Waals surface area (Å²) in [5, 5.41) is 0.629. The lowest BCUT2D eigenvalue weighted by atomic mass is 9.99. The first-order chi connectivity index (χ1) is 7.08. The van der Waals surface area contributed by atoms with Crippen molar-refractivity contribution in [2.24, 2.45) is 0 Å². The van der Waals surface area contributed by atoms with Gasteiger partial charge in [-0.1, -0.05) is 29.0 Å². The number of aromatic nitrogens is 1. The molecular weight excluding hydrogens is 204 g/mol. The zero-order chi connectivity index (χ0) is 11.0. The zero-order valence-electron chi connectivity index (χ0n) is 9.16. The maximum Gasteiger partial charge on any atom is 0.180 e. The van der Waals surface area contributed by atoms with Crippen molar-refractivity contribution in [2.75, 3.05) is 5.73 Å². The highest BCUT2D eigenvalue weighted by atomic mass is 32.1. The molecule has 78 valence electrons. The number of aryl methyl sites for hydroxylation is 3. The first-order valence-electron chi connectivity index (χ1n) is 4.87. The van der Waals surface area contributed by atoms with Crippen LogP contribution in [0.15, 0.2) is 18.3 Å². The van der Waals surface area contributed by atoms with Crippen LogP contribution in [0, 0.1) is 20.8 Å². The lowest BCUT2D eigenvalue weighted by Gasteiger charge is -2.08. The average molecular weight is 218 g/mol. The van der Waals surface area contributed by atoms with Crippen LogP contribution >= 0.6 is 11.3 Å². The van der Waals surface area contributed by atoms with Crippen molar-refractivity contribution in [3.8, 4) is 10.4 Å². The molecule has 1 aromatic heterocycles. The topological polar surface area (TPSA) is 38.9 Å². The van der Waals surface area contributed by atoms with Crippen molar-refractivity contribution in [1.82, 2.24) is 4.98 Å². The van der Waals surface area contributed by atoms with Gasteiger partial charge in [-0.25, -0.2) is 4.98 Å². The highest BCUT2D eigenvalue weighted by Gasteiger charge is 2.09. The van der Waals surface area contributed by atoms with Crippen LogP contribution in [0.25, 0.3) is 10.4 Å². The Morgan fingerprint density at radius 2 is 1.73 bits per heavy atom. The average Bonchev–Trinajstić information content (AvgIpc) is 2.49. The Bertz CT molecular complexity index is 477. The molecule has 0 atom stereocenters. The summed E-state index contributed by atoms with van der Waals surface area (Å²) in [7, 11) is 0. The van der Waals surface area contributed by atoms with E-state index >= 15 is 0 Å². The van der Waals surface area contributed by atoms with Gasteiger partial charge >= 0.3 is 0 Å². The number of nitrogen functional groups attached to an aromatic ring is 1. The van der Waals surface area contributed by atoms with Crippen LogP contribution in [-0.4, -0.2) is 4.98 Å². The number of nitrogens with zero attached hydrogens (tertiary/aromatic N) is 1. The third kappa shape index (κ3) is 1.88. The van der Waals surface area contributed by atoms with Crippen molar-refractivity contribution in [3.63, 3.8) is 0 Å². The Hall–Kier alpha value is -1.35. The van der Waals surface area contributed by atoms with E-state index in [1.807, 2.05) is 6.20 Å². The molecule has 0 aliphatic rings. The molecule has 15 heavy (non-hydrogen) atoms. The van der Waals surface area contributed by atoms with Crippen molar-refractivity contribution < 1.29 is 0 Å². The van der Waals surface area contributed by atoms with E-state index in [-0.39, 0.29) is 0 Å². The van der Waals surface area contributed by atoms with Gasteiger partial charge in [-0.2, -0.15) is 0 Å². The van der Waals surface area contributed by atoms with E-state index in [2.05, 4.69) is 37.9 Å². The Morgan fingerprint density at radius 3 is 2.20 bits per heavy atom. The number of thiazole rings is 1. The van der Waals surface area contributed by atoms with Gasteiger partial charge < -0.3 is 5.73 Å². The second kappa shape index (κ2) is 3.66. The lowest BCUT2D eigenvalue weighted by Crippen LogP contribution is -1.87. The van der Waals surface area contributed by atoms with Crippen molar-refractivity contribution in [2.45, 2.75) is 20.8 Å². The molecule has 2 nitrogen and oxygen atoms in total. The number of rotatable bonds is 1. The number of nitrogens with two attached hydrogens (primary N) is 1. The molecule has 0 unspecified atom stereocenters. The molecule has 0 radical (unpaired) electrons. The van der Waals surface area contributed by atoms with Gasteiger partial charge in [0.2, 0.25) is 0 Å². The third-order valence-electron chi connectivity index (χ3n) is 2.45. The fraction of sp³-hybridized carbons (Fsp3) is 0.250. The maximum atomic E-state index is 5.65. The van der Waals surface area contributed by atoms with Crippen molar-refractivity contribution in [1.29, 1.82) is 0 Å². The van der Waals surface area contributed by atoms with E-state index < -0.39 is 0 Å². The zero-order valence-corrected chi connectivity index (χ0v) is 9.98. The van der Waals surface area contributed by atoms with Crippen molar-refractivity contribution >= 4 is 16.5 Å². The molecule has 0 spiro atoms. The highest BCUT2D eigenvalue weighted by Crippen LogP contribution is 2.33. The standard InChI is InChI=1S/C12H14N2S/c1-7-4-8(2)11(9(3)5-7)10-6-14-12(13)15-10/h4-6H,1-3H3,(H2,13,14). The first-order valence-corrected chi connectivity index (χ1v) is 5.69. The second-order valence-corrected chi connectivity index (χ2v) is 4.90. The number of anilines is 1. The van der Waals surface area contributed by atoms with Gasteiger partial charge in [0, 0.05) is 6.20 Å². The first kappa shape index (κ1) is 10.2. The molecule has 1 heterocycles. The molecule has 2 rings (SSSR count). The second-order valence-electron chi connectivity index (χ2n) is 3.84. The van der Waals surface area contributed by atoms with Crippen LogP contribution < -0.4 is 5.73 Å². The summed E-state index contributed by atoms with van der Waals surface area (Å²) in [5.74, 6) is 0. The molecule has 2 aromatic rings. The molecule has 0 saturated carbocycles. The minimum Gasteiger partial charge on any atom is -0.375 e. The predicted molar refractivity (Wildman–Crippen MR) is 66.2 cm³/mol. The molecular formula is C12H14N2S. The highest BCUT2D eigenvalue weighted by molar-refractivity contribution is 7.18. The maximum absolute atomic E-state index is 5.65. The van der Waals surface area contributed by atoms with Gasteiger partial charge in [0.15, 0.2) is 5.13 Å². The van der Waals surface area contributed by atoms with E-state index in [0.29, 0.717) is 5.13 Å². The van der Waals surface area contributed by atoms with E-state index in [0.717, 1.165) is 4.88 Å². The van der Waals surface area contributed by atoms with Gasteiger partial charge in [0.25, 0.3) is 0 Å². The normalized spacial score (nSPS) is 10.6. The van der Waals surface area contributed by atoms with E-state index in [1.54, 1.807) is 11.3 Å². The SMILES string of the molecule is Cc1cc(C)c(-c2cnc(N)s2)c(C)c1. The Balaban J connectivity index is 2.62. The summed E-state index contributed by atoms with van der Waals surface area (Å²) in [5.41, 5.74) is 10.8. The van der Waals surface area contributed by atoms with Crippen LogP contribution in [0.3, 0.4) is 0 Å². The Kier molecular flexibility index (Phi) is 2.49. The van der Waals surface area contributed by atoms with Gasteiger partial charge in [0.1, 0.15) is 0 Å². The number of hydrogen-bond acceptors (Lipinski definition) is 3. The molecule has 2 N–H and O–H groups in total. The summed E-state index contributed by atoms with van der Waals surface area (Å²) >= 11 is 1.54. The monoisotopic (exact) mass is 218 g/mol. The van der Waals surface area contributed by atoms with Crippen LogP contribution in [-0.2, 0) is 0 Å². The van der Waals surface area contributed by atoms with E-state index in [1.165, 1.54) is 22.3 Å². The van der Waals surface area contributed by atoms with Crippen LogP contribution in [0.4, 0.5) is 5.13 Å². The van der Waals surface area contributed by atoms with Crippen LogP contribution in [0.5, 0.6) is 0 Å². The minimum absolute atomic E-state index is 0.629. The molecule has 0 aliphatic carbocycles. The van der Waals surface area contributed by atoms with Gasteiger partial charge in [-0.3, -0.25) is 0 Å². The molecule has 0 saturated heterocycles. The van der Waals surface area contributed by atoms with Crippen LogP contribution in [0.1, 0.15) is 16.7 Å². The van der Waals surface area contributed by atoms with Crippen LogP contribution in [0.2, 0.25) is 0 Å². The largest absolute Gasteiger partial charge is 0.375 e. The summed E-state index contributed by atoms with van der Waals surface area (Å²) < 4.78 is 0. The Labute approximate surface area is 93.8 Å². The smallest absolute Gasteiger partial charge is 0.180 e. The summed E-state index contributed by atoms with van der Waals surface area (Å²) in [4.78, 5) is 5.25. The fourth-order valence-electron chi connectivity index (χ4n) is 1.97. The van der Waals surface area contributed by atoms with E-state index in [4.69, 9.17) is 5.73 Å². The van der Waals surface area contributed by atoms with Gasteiger partial charge in [0.05, 0.1) is 4.88 Å². The number of hydrogen-bond donors (Lipinski definition) is 1. The minimum atomic E-state index is 0.629. The van der Waals surface area contributed by atoms with Gasteiger partial charge in [-0.15, -0.1) is 0 Å². The molecule has 3 heteroatoms. The predicted octanol–water partition coefficient (Wildman–Crippen LogP) is 3.32. The Morgan fingerprint density at radius 1 is 1.13 bits per heavy atom. The quantitative estimate of drug-likeness (QED) is 0.797. The lowest BCUT2D eigenvalue weighted by molar-refractivity contribution is 1.32. The fourth-order valence-corrected chi connectivity index (χ4v) is 2.83. The van der Waals surface area contributed by atoms with Crippen molar-refractivity contribution in [3.05, 3.63) is 35.0 Å². The molecule has 0 bridgehead atoms. The van der Waals surface area contributed by atoms with E-state index in [9.17, 15) is 0 Å². The molecule has 0 amide bonds. The third-order valence-corrected chi connectivity index (χ3v) is 3.29. The molecule has 1 aromatic carbocycles. The molecule has 0 fully saturated rings.